The number of fused-ring (bicyclic) bond motifs is 1. The molecular formula is C28H29F2N3O7S. The normalized spacial score (nSPS) is 21.4. The van der Waals surface area contributed by atoms with Gasteiger partial charge in [0.15, 0.2) is 17.7 Å². The summed E-state index contributed by atoms with van der Waals surface area (Å²) >= 11 is 0. The van der Waals surface area contributed by atoms with Crippen molar-refractivity contribution in [3.05, 3.63) is 54.1 Å². The number of benzene rings is 3. The zero-order valence-electron chi connectivity index (χ0n) is 22.2. The quantitative estimate of drug-likeness (QED) is 0.378. The number of rotatable bonds is 8. The predicted molar refractivity (Wildman–Crippen MR) is 146 cm³/mol. The molecular weight excluding hydrogens is 560 g/mol. The van der Waals surface area contributed by atoms with Crippen LogP contribution >= 0.6 is 0 Å². The molecule has 0 saturated carbocycles. The highest BCUT2D eigenvalue weighted by atomic mass is 32.2. The topological polar surface area (TPSA) is 118 Å². The number of ether oxygens (including phenoxy) is 3. The Morgan fingerprint density at radius 3 is 2.78 bits per heavy atom. The number of hydrogen-bond donors (Lipinski definition) is 2. The van der Waals surface area contributed by atoms with Crippen LogP contribution in [0.3, 0.4) is 0 Å². The van der Waals surface area contributed by atoms with Gasteiger partial charge in [-0.25, -0.2) is 8.42 Å². The molecule has 218 valence electrons. The van der Waals surface area contributed by atoms with Crippen LogP contribution in [0, 0.1) is 5.92 Å². The Bertz CT molecular complexity index is 1620. The van der Waals surface area contributed by atoms with Crippen molar-refractivity contribution >= 4 is 38.1 Å². The van der Waals surface area contributed by atoms with Crippen LogP contribution in [0.4, 0.5) is 20.2 Å². The number of carbonyl (C=O) groups excluding carboxylic acids is 1. The molecule has 1 fully saturated rings. The number of carbonyl (C=O) groups is 1. The maximum Gasteiger partial charge on any atom is 0.586 e. The van der Waals surface area contributed by atoms with Gasteiger partial charge in [-0.3, -0.25) is 4.79 Å². The van der Waals surface area contributed by atoms with E-state index in [4.69, 9.17) is 4.74 Å². The highest BCUT2D eigenvalue weighted by molar-refractivity contribution is 7.89. The molecule has 0 aromatic heterocycles. The molecule has 10 nitrogen and oxygen atoms in total. The van der Waals surface area contributed by atoms with Crippen molar-refractivity contribution in [1.29, 1.82) is 0 Å². The van der Waals surface area contributed by atoms with E-state index in [0.29, 0.717) is 31.7 Å². The van der Waals surface area contributed by atoms with Crippen LogP contribution in [-0.4, -0.2) is 63.4 Å². The summed E-state index contributed by atoms with van der Waals surface area (Å²) in [4.78, 5) is 15.1. The Hall–Kier alpha value is -3.52. The number of alkyl halides is 2. The number of nitrogens with zero attached hydrogens (tertiary/aromatic N) is 2. The van der Waals surface area contributed by atoms with E-state index in [9.17, 15) is 27.1 Å². The van der Waals surface area contributed by atoms with Gasteiger partial charge in [0.1, 0.15) is 0 Å². The molecule has 41 heavy (non-hydrogen) atoms. The first kappa shape index (κ1) is 27.6. The van der Waals surface area contributed by atoms with E-state index >= 15 is 0 Å². The summed E-state index contributed by atoms with van der Waals surface area (Å²) in [6, 6.07) is 12.5. The van der Waals surface area contributed by atoms with Crippen molar-refractivity contribution in [3.8, 4) is 11.5 Å². The molecule has 3 aromatic rings. The largest absolute Gasteiger partial charge is 0.586 e. The maximum absolute atomic E-state index is 13.4. The average Bonchev–Trinajstić information content (AvgIpc) is 3.42. The van der Waals surface area contributed by atoms with E-state index in [1.165, 1.54) is 10.4 Å². The van der Waals surface area contributed by atoms with Crippen LogP contribution in [-0.2, 0) is 19.6 Å². The van der Waals surface area contributed by atoms with Gasteiger partial charge in [0.05, 0.1) is 10.8 Å². The van der Waals surface area contributed by atoms with E-state index in [-0.39, 0.29) is 35.4 Å². The second-order valence-electron chi connectivity index (χ2n) is 10.3. The van der Waals surface area contributed by atoms with Gasteiger partial charge in [0.2, 0.25) is 15.9 Å². The summed E-state index contributed by atoms with van der Waals surface area (Å²) < 4.78 is 68.7. The predicted octanol–water partition coefficient (Wildman–Crippen LogP) is 4.05. The third-order valence-electron chi connectivity index (χ3n) is 7.70. The minimum atomic E-state index is -4.09. The summed E-state index contributed by atoms with van der Waals surface area (Å²) in [5, 5.41) is 15.6. The standard InChI is InChI=1S/C28H29F2N3O7S/c1-38-14-4-13-33-22-10-9-21(19-6-2-7-20(25(19)22)27(33)35)31-26(34)17-5-3-12-32(16-17)41(36,37)18-8-11-23-24(15-18)40-28(29,30)39-23/h2,6-11,15,17,27,35H,3-5,12-14,16H2,1H3,(H,31,34). The summed E-state index contributed by atoms with van der Waals surface area (Å²) in [6.45, 7) is 1.29. The van der Waals surface area contributed by atoms with E-state index in [1.54, 1.807) is 13.2 Å². The second-order valence-corrected chi connectivity index (χ2v) is 12.2. The monoisotopic (exact) mass is 589 g/mol. The molecule has 0 aliphatic carbocycles. The lowest BCUT2D eigenvalue weighted by Crippen LogP contribution is -2.43. The zero-order valence-corrected chi connectivity index (χ0v) is 23.0. The molecule has 3 aromatic carbocycles. The molecule has 3 heterocycles. The smallest absolute Gasteiger partial charge is 0.395 e. The fourth-order valence-corrected chi connectivity index (χ4v) is 7.29. The lowest BCUT2D eigenvalue weighted by atomic mass is 9.98. The first-order chi connectivity index (χ1) is 19.6. The van der Waals surface area contributed by atoms with Gasteiger partial charge in [-0.2, -0.15) is 4.31 Å². The number of aliphatic hydroxyl groups excluding tert-OH is 1. The molecule has 0 bridgehead atoms. The van der Waals surface area contributed by atoms with Gasteiger partial charge in [-0.15, -0.1) is 8.78 Å². The minimum Gasteiger partial charge on any atom is -0.395 e. The Morgan fingerprint density at radius 2 is 1.98 bits per heavy atom. The molecule has 3 aliphatic rings. The number of hydrogen-bond acceptors (Lipinski definition) is 8. The number of amides is 1. The summed E-state index contributed by atoms with van der Waals surface area (Å²) in [7, 11) is -2.46. The molecule has 3 aliphatic heterocycles. The fraction of sp³-hybridized carbons (Fsp3) is 0.393. The number of sulfonamides is 1. The minimum absolute atomic E-state index is 0.0635. The molecule has 2 atom stereocenters. The average molecular weight is 590 g/mol. The Morgan fingerprint density at radius 1 is 1.17 bits per heavy atom. The van der Waals surface area contributed by atoms with Crippen molar-refractivity contribution in [2.24, 2.45) is 5.92 Å². The Kier molecular flexibility index (Phi) is 7.00. The van der Waals surface area contributed by atoms with Crippen LogP contribution in [0.1, 0.15) is 31.1 Å². The third-order valence-corrected chi connectivity index (χ3v) is 9.57. The highest BCUT2D eigenvalue weighted by Gasteiger charge is 2.44. The molecule has 13 heteroatoms. The summed E-state index contributed by atoms with van der Waals surface area (Å²) in [6.07, 6.45) is -3.00. The number of aliphatic hydroxyl groups is 1. The van der Waals surface area contributed by atoms with E-state index in [2.05, 4.69) is 14.8 Å². The number of nitrogens with one attached hydrogen (secondary N) is 1. The number of anilines is 2. The van der Waals surface area contributed by atoms with E-state index in [0.717, 1.165) is 40.6 Å². The number of halogens is 2. The first-order valence-corrected chi connectivity index (χ1v) is 14.7. The third kappa shape index (κ3) is 4.96. The fourth-order valence-electron chi connectivity index (χ4n) is 5.75. The molecule has 2 N–H and O–H groups in total. The number of methoxy groups -OCH3 is 1. The van der Waals surface area contributed by atoms with Gasteiger partial charge < -0.3 is 29.5 Å². The summed E-state index contributed by atoms with van der Waals surface area (Å²) in [5.74, 6) is -1.57. The first-order valence-electron chi connectivity index (χ1n) is 13.3. The van der Waals surface area contributed by atoms with Crippen molar-refractivity contribution in [2.75, 3.05) is 43.6 Å². The van der Waals surface area contributed by atoms with Crippen molar-refractivity contribution < 1.29 is 41.3 Å². The molecule has 0 radical (unpaired) electrons. The second kappa shape index (κ2) is 10.4. The van der Waals surface area contributed by atoms with Crippen LogP contribution in [0.5, 0.6) is 11.5 Å². The van der Waals surface area contributed by atoms with Gasteiger partial charge in [0.25, 0.3) is 0 Å². The molecule has 1 saturated heterocycles. The van der Waals surface area contributed by atoms with Gasteiger partial charge in [-0.05, 0) is 43.5 Å². The lowest BCUT2D eigenvalue weighted by molar-refractivity contribution is -0.286. The van der Waals surface area contributed by atoms with E-state index in [1.807, 2.05) is 29.2 Å². The van der Waals surface area contributed by atoms with Crippen molar-refractivity contribution in [2.45, 2.75) is 36.7 Å². The molecule has 1 amide bonds. The molecule has 2 unspecified atom stereocenters. The number of piperidine rings is 1. The van der Waals surface area contributed by atoms with Crippen LogP contribution in [0.15, 0.2) is 53.4 Å². The van der Waals surface area contributed by atoms with Crippen molar-refractivity contribution in [3.63, 3.8) is 0 Å². The van der Waals surface area contributed by atoms with Crippen molar-refractivity contribution in [1.82, 2.24) is 4.31 Å². The molecule has 6 rings (SSSR count). The maximum atomic E-state index is 13.4. The lowest BCUT2D eigenvalue weighted by Gasteiger charge is -2.31. The van der Waals surface area contributed by atoms with Crippen LogP contribution < -0.4 is 19.7 Å². The van der Waals surface area contributed by atoms with Gasteiger partial charge in [-0.1, -0.05) is 18.2 Å². The van der Waals surface area contributed by atoms with Crippen LogP contribution in [0.2, 0.25) is 0 Å². The van der Waals surface area contributed by atoms with Gasteiger partial charge >= 0.3 is 6.29 Å². The zero-order chi connectivity index (χ0) is 28.9. The van der Waals surface area contributed by atoms with Gasteiger partial charge in [0, 0.05) is 67.1 Å². The highest BCUT2D eigenvalue weighted by Crippen LogP contribution is 2.46. The van der Waals surface area contributed by atoms with E-state index < -0.39 is 28.5 Å². The molecule has 0 spiro atoms. The Labute approximate surface area is 235 Å². The Balaban J connectivity index is 1.20. The van der Waals surface area contributed by atoms with Crippen LogP contribution in [0.25, 0.3) is 10.8 Å². The SMILES string of the molecule is COCCCN1c2ccc(NC(=O)C3CCCN(S(=O)(=O)c4ccc5c(c4)OC(F)(F)O5)C3)c3cccc(c23)C1O. The summed E-state index contributed by atoms with van der Waals surface area (Å²) in [5.41, 5.74) is 2.19.